The number of H-pyrrole nitrogens is 1. The van der Waals surface area contributed by atoms with Crippen molar-refractivity contribution in [2.24, 2.45) is 0 Å². The van der Waals surface area contributed by atoms with E-state index in [-0.39, 0.29) is 5.69 Å². The molecule has 0 fully saturated rings. The minimum Gasteiger partial charge on any atom is -0.440 e. The molecule has 2 heterocycles. The fourth-order valence-electron chi connectivity index (χ4n) is 2.00. The molecule has 0 atom stereocenters. The number of oxazole rings is 1. The number of nitriles is 1. The summed E-state index contributed by atoms with van der Waals surface area (Å²) in [5.74, 6) is 1.00. The van der Waals surface area contributed by atoms with E-state index in [1.165, 1.54) is 0 Å². The van der Waals surface area contributed by atoms with Gasteiger partial charge in [0.15, 0.2) is 11.4 Å². The summed E-state index contributed by atoms with van der Waals surface area (Å²) >= 11 is 11.9. The minimum absolute atomic E-state index is 0.170. The number of nitrogens with zero attached hydrogens (tertiary/aromatic N) is 4. The van der Waals surface area contributed by atoms with Gasteiger partial charge in [0, 0.05) is 12.0 Å². The Labute approximate surface area is 135 Å². The Kier molecular flexibility index (Phi) is 3.84. The van der Waals surface area contributed by atoms with E-state index in [0.29, 0.717) is 45.1 Å². The lowest BCUT2D eigenvalue weighted by molar-refractivity contribution is 0.525. The van der Waals surface area contributed by atoms with E-state index >= 15 is 0 Å². The van der Waals surface area contributed by atoms with Crippen LogP contribution < -0.4 is 0 Å². The topological polar surface area (TPSA) is 91.4 Å². The summed E-state index contributed by atoms with van der Waals surface area (Å²) in [4.78, 5) is 4.43. The smallest absolute Gasteiger partial charge is 0.226 e. The van der Waals surface area contributed by atoms with E-state index < -0.39 is 0 Å². The van der Waals surface area contributed by atoms with E-state index in [9.17, 15) is 0 Å². The van der Waals surface area contributed by atoms with Gasteiger partial charge in [-0.3, -0.25) is 0 Å². The van der Waals surface area contributed by atoms with Crippen LogP contribution in [0.1, 0.15) is 18.4 Å². The highest BCUT2D eigenvalue weighted by Gasteiger charge is 2.21. The van der Waals surface area contributed by atoms with E-state index in [2.05, 4.69) is 20.4 Å². The number of aromatic amines is 1. The summed E-state index contributed by atoms with van der Waals surface area (Å²) in [5, 5.41) is 20.1. The van der Waals surface area contributed by atoms with Crippen molar-refractivity contribution >= 4 is 23.2 Å². The number of aromatic nitrogens is 4. The fourth-order valence-corrected chi connectivity index (χ4v) is 2.30. The van der Waals surface area contributed by atoms with Crippen LogP contribution in [-0.2, 0) is 6.42 Å². The van der Waals surface area contributed by atoms with Gasteiger partial charge in [-0.25, -0.2) is 4.98 Å². The van der Waals surface area contributed by atoms with E-state index in [4.69, 9.17) is 32.9 Å². The molecule has 0 aliphatic carbocycles. The molecule has 0 aliphatic heterocycles. The molecule has 1 aromatic carbocycles. The quantitative estimate of drug-likeness (QED) is 0.785. The first kappa shape index (κ1) is 14.6. The Morgan fingerprint density at radius 2 is 2.05 bits per heavy atom. The summed E-state index contributed by atoms with van der Waals surface area (Å²) in [6, 6.07) is 7.07. The molecule has 1 N–H and O–H groups in total. The molecular formula is C14H9Cl2N5O. The van der Waals surface area contributed by atoms with Gasteiger partial charge in [0.25, 0.3) is 0 Å². The highest BCUT2D eigenvalue weighted by molar-refractivity contribution is 6.42. The van der Waals surface area contributed by atoms with Crippen LogP contribution in [0.3, 0.4) is 0 Å². The van der Waals surface area contributed by atoms with Crippen molar-refractivity contribution in [1.82, 2.24) is 20.4 Å². The van der Waals surface area contributed by atoms with Gasteiger partial charge < -0.3 is 4.42 Å². The average molecular weight is 334 g/mol. The highest BCUT2D eigenvalue weighted by Crippen LogP contribution is 2.32. The number of halogens is 2. The predicted molar refractivity (Wildman–Crippen MR) is 81.4 cm³/mol. The van der Waals surface area contributed by atoms with Gasteiger partial charge in [0.2, 0.25) is 5.89 Å². The number of hydrogen-bond donors (Lipinski definition) is 1. The largest absolute Gasteiger partial charge is 0.440 e. The fraction of sp³-hybridized carbons (Fsp3) is 0.143. The van der Waals surface area contributed by atoms with Crippen molar-refractivity contribution in [3.63, 3.8) is 0 Å². The second-order valence-corrected chi connectivity index (χ2v) is 5.22. The lowest BCUT2D eigenvalue weighted by Gasteiger charge is -1.98. The van der Waals surface area contributed by atoms with Gasteiger partial charge in [0.05, 0.1) is 10.0 Å². The zero-order chi connectivity index (χ0) is 15.7. The Hall–Kier alpha value is -2.36. The zero-order valence-corrected chi connectivity index (χ0v) is 12.9. The van der Waals surface area contributed by atoms with Gasteiger partial charge in [-0.1, -0.05) is 30.1 Å². The molecule has 6 nitrogen and oxygen atoms in total. The summed E-state index contributed by atoms with van der Waals surface area (Å²) in [6.45, 7) is 1.93. The molecule has 3 aromatic rings. The van der Waals surface area contributed by atoms with Gasteiger partial charge >= 0.3 is 0 Å². The zero-order valence-electron chi connectivity index (χ0n) is 11.4. The van der Waals surface area contributed by atoms with Crippen molar-refractivity contribution in [1.29, 1.82) is 5.26 Å². The van der Waals surface area contributed by atoms with E-state index in [0.717, 1.165) is 0 Å². The number of benzene rings is 1. The third-order valence-corrected chi connectivity index (χ3v) is 3.80. The molecule has 0 spiro atoms. The SMILES string of the molecule is CCc1oc(-c2ccc(Cl)c(Cl)c2)nc1-c1n[nH]nc1C#N. The molecular weight excluding hydrogens is 325 g/mol. The van der Waals surface area contributed by atoms with Crippen LogP contribution in [0.5, 0.6) is 0 Å². The Morgan fingerprint density at radius 3 is 2.73 bits per heavy atom. The Morgan fingerprint density at radius 1 is 1.23 bits per heavy atom. The Balaban J connectivity index is 2.13. The van der Waals surface area contributed by atoms with E-state index in [1.807, 2.05) is 13.0 Å². The molecule has 22 heavy (non-hydrogen) atoms. The molecule has 2 aromatic heterocycles. The maximum atomic E-state index is 9.06. The molecule has 8 heteroatoms. The van der Waals surface area contributed by atoms with Crippen LogP contribution in [0, 0.1) is 11.3 Å². The number of rotatable bonds is 3. The monoisotopic (exact) mass is 333 g/mol. The van der Waals surface area contributed by atoms with Crippen molar-refractivity contribution in [3.05, 3.63) is 39.7 Å². The third-order valence-electron chi connectivity index (χ3n) is 3.06. The second kappa shape index (κ2) is 5.79. The molecule has 0 radical (unpaired) electrons. The van der Waals surface area contributed by atoms with Crippen LogP contribution in [0.4, 0.5) is 0 Å². The van der Waals surface area contributed by atoms with Crippen molar-refractivity contribution in [2.45, 2.75) is 13.3 Å². The minimum atomic E-state index is 0.170. The lowest BCUT2D eigenvalue weighted by Crippen LogP contribution is -1.88. The van der Waals surface area contributed by atoms with Crippen molar-refractivity contribution in [3.8, 4) is 28.9 Å². The molecule has 3 rings (SSSR count). The maximum Gasteiger partial charge on any atom is 0.226 e. The molecule has 0 unspecified atom stereocenters. The number of nitrogens with one attached hydrogen (secondary N) is 1. The highest BCUT2D eigenvalue weighted by atomic mass is 35.5. The van der Waals surface area contributed by atoms with Crippen LogP contribution >= 0.6 is 23.2 Å². The summed E-state index contributed by atoms with van der Waals surface area (Å²) in [5.41, 5.74) is 1.73. The average Bonchev–Trinajstić information content (AvgIpc) is 3.15. The predicted octanol–water partition coefficient (Wildman–Crippen LogP) is 3.87. The summed E-state index contributed by atoms with van der Waals surface area (Å²) < 4.78 is 5.76. The third kappa shape index (κ3) is 2.45. The first-order valence-electron chi connectivity index (χ1n) is 6.40. The van der Waals surface area contributed by atoms with E-state index in [1.54, 1.807) is 18.2 Å². The Bertz CT molecular complexity index is 878. The second-order valence-electron chi connectivity index (χ2n) is 4.41. The van der Waals surface area contributed by atoms with Gasteiger partial charge in [0.1, 0.15) is 17.5 Å². The molecule has 0 bridgehead atoms. The molecule has 0 saturated heterocycles. The summed E-state index contributed by atoms with van der Waals surface area (Å²) in [7, 11) is 0. The van der Waals surface area contributed by atoms with Crippen LogP contribution in [-0.4, -0.2) is 20.4 Å². The first-order valence-corrected chi connectivity index (χ1v) is 7.16. The standard InChI is InChI=1S/C14H9Cl2N5O/c1-2-11-13(12-10(6-17)19-21-20-12)18-14(22-11)7-3-4-8(15)9(16)5-7/h3-5H,2H2,1H3,(H,19,20,21). The normalized spacial score (nSPS) is 10.6. The number of aryl methyl sites for hydroxylation is 1. The number of hydrogen-bond acceptors (Lipinski definition) is 5. The maximum absolute atomic E-state index is 9.06. The van der Waals surface area contributed by atoms with Gasteiger partial charge in [-0.05, 0) is 18.2 Å². The van der Waals surface area contributed by atoms with Crippen LogP contribution in [0.25, 0.3) is 22.8 Å². The van der Waals surface area contributed by atoms with Crippen molar-refractivity contribution < 1.29 is 4.42 Å². The summed E-state index contributed by atoms with van der Waals surface area (Å²) in [6.07, 6.45) is 0.599. The van der Waals surface area contributed by atoms with Crippen LogP contribution in [0.15, 0.2) is 22.6 Å². The van der Waals surface area contributed by atoms with Crippen molar-refractivity contribution in [2.75, 3.05) is 0 Å². The lowest BCUT2D eigenvalue weighted by atomic mass is 10.2. The first-order chi connectivity index (χ1) is 10.6. The molecule has 0 saturated carbocycles. The van der Waals surface area contributed by atoms with Gasteiger partial charge in [-0.15, -0.1) is 5.10 Å². The molecule has 110 valence electrons. The molecule has 0 aliphatic rings. The van der Waals surface area contributed by atoms with Gasteiger partial charge in [-0.2, -0.15) is 15.6 Å². The molecule has 0 amide bonds. The van der Waals surface area contributed by atoms with Crippen LogP contribution in [0.2, 0.25) is 10.0 Å².